The summed E-state index contributed by atoms with van der Waals surface area (Å²) in [5, 5.41) is 12.9. The van der Waals surface area contributed by atoms with Gasteiger partial charge in [0.25, 0.3) is 0 Å². The summed E-state index contributed by atoms with van der Waals surface area (Å²) in [4.78, 5) is 12.3. The van der Waals surface area contributed by atoms with Gasteiger partial charge in [-0.1, -0.05) is 50.9 Å². The van der Waals surface area contributed by atoms with Crippen molar-refractivity contribution in [2.24, 2.45) is 7.05 Å². The standard InChI is InChI=1S/C18H15BrCl2N4OS/c1-10-7-11(19)3-6-15(10)22-16(26)9-27-18-24-23-17(25(18)2)13-5-4-12(20)8-14(13)21/h3-8H,9H2,1-2H3,(H,22,26). The molecule has 1 aromatic heterocycles. The van der Waals surface area contributed by atoms with E-state index in [0.29, 0.717) is 21.0 Å². The quantitative estimate of drug-likeness (QED) is 0.478. The first-order chi connectivity index (χ1) is 12.8. The topological polar surface area (TPSA) is 59.8 Å². The SMILES string of the molecule is Cc1cc(Br)ccc1NC(=O)CSc1nnc(-c2ccc(Cl)cc2Cl)n1C. The van der Waals surface area contributed by atoms with Gasteiger partial charge in [-0.15, -0.1) is 10.2 Å². The second-order valence-electron chi connectivity index (χ2n) is 5.79. The van der Waals surface area contributed by atoms with Gasteiger partial charge in [-0.2, -0.15) is 0 Å². The van der Waals surface area contributed by atoms with Crippen LogP contribution in [0, 0.1) is 6.92 Å². The predicted octanol–water partition coefficient (Wildman–Crippen LogP) is 5.59. The Morgan fingerprint density at radius 2 is 2.00 bits per heavy atom. The van der Waals surface area contributed by atoms with E-state index in [2.05, 4.69) is 31.4 Å². The number of amides is 1. The molecule has 0 unspecified atom stereocenters. The van der Waals surface area contributed by atoms with Gasteiger partial charge in [0, 0.05) is 27.8 Å². The summed E-state index contributed by atoms with van der Waals surface area (Å²) in [5.74, 6) is 0.721. The Balaban J connectivity index is 1.68. The van der Waals surface area contributed by atoms with E-state index < -0.39 is 0 Å². The maximum absolute atomic E-state index is 12.3. The van der Waals surface area contributed by atoms with Gasteiger partial charge in [-0.25, -0.2) is 0 Å². The van der Waals surface area contributed by atoms with Crippen LogP contribution in [0.2, 0.25) is 10.0 Å². The fourth-order valence-corrected chi connectivity index (χ4v) is 4.11. The highest BCUT2D eigenvalue weighted by molar-refractivity contribution is 9.10. The Morgan fingerprint density at radius 3 is 2.70 bits per heavy atom. The van der Waals surface area contributed by atoms with Crippen molar-refractivity contribution in [2.45, 2.75) is 12.1 Å². The van der Waals surface area contributed by atoms with Crippen LogP contribution >= 0.6 is 50.9 Å². The minimum absolute atomic E-state index is 0.112. The number of rotatable bonds is 5. The first-order valence-corrected chi connectivity index (χ1v) is 10.4. The molecule has 0 saturated heterocycles. The highest BCUT2D eigenvalue weighted by Crippen LogP contribution is 2.30. The Labute approximate surface area is 179 Å². The number of benzene rings is 2. The number of hydrogen-bond donors (Lipinski definition) is 1. The van der Waals surface area contributed by atoms with Crippen molar-refractivity contribution < 1.29 is 4.79 Å². The number of hydrogen-bond acceptors (Lipinski definition) is 4. The number of thioether (sulfide) groups is 1. The van der Waals surface area contributed by atoms with E-state index in [1.54, 1.807) is 22.8 Å². The summed E-state index contributed by atoms with van der Waals surface area (Å²) in [7, 11) is 1.83. The average molecular weight is 486 g/mol. The van der Waals surface area contributed by atoms with E-state index in [0.717, 1.165) is 21.3 Å². The highest BCUT2D eigenvalue weighted by Gasteiger charge is 2.15. The Bertz CT molecular complexity index is 1010. The van der Waals surface area contributed by atoms with Crippen LogP contribution in [0.3, 0.4) is 0 Å². The molecule has 9 heteroatoms. The molecule has 1 heterocycles. The lowest BCUT2D eigenvalue weighted by Gasteiger charge is -2.09. The van der Waals surface area contributed by atoms with E-state index in [4.69, 9.17) is 23.2 Å². The third-order valence-electron chi connectivity index (χ3n) is 3.80. The zero-order valence-corrected chi connectivity index (χ0v) is 18.4. The van der Waals surface area contributed by atoms with Crippen molar-refractivity contribution in [3.63, 3.8) is 0 Å². The zero-order chi connectivity index (χ0) is 19.6. The molecule has 1 amide bonds. The molecule has 0 spiro atoms. The summed E-state index contributed by atoms with van der Waals surface area (Å²) < 4.78 is 2.78. The average Bonchev–Trinajstić information content (AvgIpc) is 2.96. The molecule has 0 radical (unpaired) electrons. The van der Waals surface area contributed by atoms with Gasteiger partial charge in [0.2, 0.25) is 5.91 Å². The molecular weight excluding hydrogens is 471 g/mol. The van der Waals surface area contributed by atoms with Crippen molar-refractivity contribution in [3.8, 4) is 11.4 Å². The van der Waals surface area contributed by atoms with Crippen LogP contribution in [-0.4, -0.2) is 26.4 Å². The minimum atomic E-state index is -0.112. The van der Waals surface area contributed by atoms with Crippen LogP contribution in [-0.2, 0) is 11.8 Å². The molecule has 0 fully saturated rings. The first kappa shape index (κ1) is 20.2. The lowest BCUT2D eigenvalue weighted by atomic mass is 10.2. The molecule has 2 aromatic carbocycles. The largest absolute Gasteiger partial charge is 0.325 e. The second-order valence-corrected chi connectivity index (χ2v) is 8.49. The number of aryl methyl sites for hydroxylation is 1. The molecule has 3 rings (SSSR count). The van der Waals surface area contributed by atoms with Gasteiger partial charge < -0.3 is 9.88 Å². The van der Waals surface area contributed by atoms with Gasteiger partial charge >= 0.3 is 0 Å². The lowest BCUT2D eigenvalue weighted by Crippen LogP contribution is -2.15. The van der Waals surface area contributed by atoms with Crippen LogP contribution in [0.4, 0.5) is 5.69 Å². The van der Waals surface area contributed by atoms with E-state index in [9.17, 15) is 4.79 Å². The summed E-state index contributed by atoms with van der Waals surface area (Å²) in [6.45, 7) is 1.94. The molecule has 140 valence electrons. The van der Waals surface area contributed by atoms with Crippen LogP contribution in [0.25, 0.3) is 11.4 Å². The molecule has 0 aliphatic carbocycles. The Morgan fingerprint density at radius 1 is 1.22 bits per heavy atom. The van der Waals surface area contributed by atoms with Gasteiger partial charge in [-0.05, 0) is 48.9 Å². The second kappa shape index (κ2) is 8.65. The number of carbonyl (C=O) groups is 1. The summed E-state index contributed by atoms with van der Waals surface area (Å²) in [6, 6.07) is 10.9. The minimum Gasteiger partial charge on any atom is -0.325 e. The summed E-state index contributed by atoms with van der Waals surface area (Å²) in [5.41, 5.74) is 2.51. The number of carbonyl (C=O) groups excluding carboxylic acids is 1. The molecular formula is C18H15BrCl2N4OS. The number of nitrogens with zero attached hydrogens (tertiary/aromatic N) is 3. The van der Waals surface area contributed by atoms with E-state index in [1.807, 2.05) is 32.2 Å². The number of aromatic nitrogens is 3. The highest BCUT2D eigenvalue weighted by atomic mass is 79.9. The van der Waals surface area contributed by atoms with E-state index in [1.165, 1.54) is 11.8 Å². The number of nitrogens with one attached hydrogen (secondary N) is 1. The van der Waals surface area contributed by atoms with Crippen LogP contribution < -0.4 is 5.32 Å². The Hall–Kier alpha value is -1.54. The fourth-order valence-electron chi connectivity index (χ4n) is 2.43. The van der Waals surface area contributed by atoms with Crippen LogP contribution in [0.15, 0.2) is 46.0 Å². The smallest absolute Gasteiger partial charge is 0.234 e. The van der Waals surface area contributed by atoms with Gasteiger partial charge in [0.1, 0.15) is 0 Å². The maximum atomic E-state index is 12.3. The van der Waals surface area contributed by atoms with Gasteiger partial charge in [0.05, 0.1) is 10.8 Å². The molecule has 5 nitrogen and oxygen atoms in total. The molecule has 1 N–H and O–H groups in total. The molecule has 0 atom stereocenters. The van der Waals surface area contributed by atoms with Crippen molar-refractivity contribution in [1.82, 2.24) is 14.8 Å². The Kier molecular flexibility index (Phi) is 6.47. The molecule has 0 aliphatic rings. The van der Waals surface area contributed by atoms with Crippen molar-refractivity contribution in [1.29, 1.82) is 0 Å². The molecule has 27 heavy (non-hydrogen) atoms. The van der Waals surface area contributed by atoms with Crippen molar-refractivity contribution in [3.05, 3.63) is 56.5 Å². The van der Waals surface area contributed by atoms with E-state index >= 15 is 0 Å². The first-order valence-electron chi connectivity index (χ1n) is 7.89. The number of anilines is 1. The summed E-state index contributed by atoms with van der Waals surface area (Å²) in [6.07, 6.45) is 0. The predicted molar refractivity (Wildman–Crippen MR) is 115 cm³/mol. The third kappa shape index (κ3) is 4.85. The molecule has 3 aromatic rings. The fraction of sp³-hybridized carbons (Fsp3) is 0.167. The van der Waals surface area contributed by atoms with Gasteiger partial charge in [-0.3, -0.25) is 4.79 Å². The third-order valence-corrected chi connectivity index (χ3v) is 5.86. The zero-order valence-electron chi connectivity index (χ0n) is 14.5. The molecule has 0 saturated carbocycles. The van der Waals surface area contributed by atoms with Crippen LogP contribution in [0.5, 0.6) is 0 Å². The summed E-state index contributed by atoms with van der Waals surface area (Å²) >= 11 is 16.9. The number of halogens is 3. The molecule has 0 aliphatic heterocycles. The van der Waals surface area contributed by atoms with Crippen LogP contribution in [0.1, 0.15) is 5.56 Å². The van der Waals surface area contributed by atoms with Gasteiger partial charge in [0.15, 0.2) is 11.0 Å². The normalized spacial score (nSPS) is 10.9. The lowest BCUT2D eigenvalue weighted by molar-refractivity contribution is -0.113. The molecule has 0 bridgehead atoms. The maximum Gasteiger partial charge on any atom is 0.234 e. The van der Waals surface area contributed by atoms with Crippen molar-refractivity contribution in [2.75, 3.05) is 11.1 Å². The monoisotopic (exact) mass is 484 g/mol. The van der Waals surface area contributed by atoms with Crippen molar-refractivity contribution >= 4 is 62.5 Å². The van der Waals surface area contributed by atoms with E-state index in [-0.39, 0.29) is 11.7 Å².